The van der Waals surface area contributed by atoms with Crippen molar-refractivity contribution in [2.45, 2.75) is 51.9 Å². The van der Waals surface area contributed by atoms with Crippen molar-refractivity contribution in [3.8, 4) is 5.75 Å². The molecule has 0 radical (unpaired) electrons. The summed E-state index contributed by atoms with van der Waals surface area (Å²) in [6, 6.07) is 9.63. The molecule has 0 aromatic heterocycles. The van der Waals surface area contributed by atoms with Gasteiger partial charge in [-0.2, -0.15) is 0 Å². The molecular formula is C23H31NO4. The number of likely N-dealkylation sites (tertiary alicyclic amines) is 1. The van der Waals surface area contributed by atoms with E-state index in [4.69, 9.17) is 9.47 Å². The van der Waals surface area contributed by atoms with Gasteiger partial charge in [0.2, 0.25) is 5.91 Å². The van der Waals surface area contributed by atoms with Crippen LogP contribution < -0.4 is 4.74 Å². The summed E-state index contributed by atoms with van der Waals surface area (Å²) in [5.74, 6) is 0.798. The van der Waals surface area contributed by atoms with E-state index in [0.717, 1.165) is 30.6 Å². The number of hydrogen-bond acceptors (Lipinski definition) is 4. The lowest BCUT2D eigenvalue weighted by Gasteiger charge is -2.40. The maximum absolute atomic E-state index is 12.8. The van der Waals surface area contributed by atoms with Crippen LogP contribution in [0.1, 0.15) is 51.9 Å². The van der Waals surface area contributed by atoms with E-state index in [-0.39, 0.29) is 11.9 Å². The summed E-state index contributed by atoms with van der Waals surface area (Å²) >= 11 is 0. The second-order valence-corrected chi connectivity index (χ2v) is 7.68. The zero-order chi connectivity index (χ0) is 19.8. The van der Waals surface area contributed by atoms with Gasteiger partial charge in [-0.25, -0.2) is 0 Å². The molecule has 1 aromatic carbocycles. The molecule has 0 N–H and O–H groups in total. The molecule has 1 heterocycles. The number of para-hydroxylation sites is 1. The van der Waals surface area contributed by atoms with E-state index in [1.165, 1.54) is 6.42 Å². The highest BCUT2D eigenvalue weighted by molar-refractivity contribution is 5.93. The SMILES string of the molecule is CCOC(=O)C1(CCOc2ccccc2)CCN(C(=O)C2=CCCCC2)CC1. The molecule has 1 aromatic rings. The highest BCUT2D eigenvalue weighted by Gasteiger charge is 2.43. The Hall–Kier alpha value is -2.30. The molecule has 1 fully saturated rings. The van der Waals surface area contributed by atoms with Crippen LogP contribution in [0.4, 0.5) is 0 Å². The Balaban J connectivity index is 1.60. The van der Waals surface area contributed by atoms with Gasteiger partial charge in [-0.05, 0) is 64.0 Å². The van der Waals surface area contributed by atoms with Crippen LogP contribution in [0.5, 0.6) is 5.75 Å². The van der Waals surface area contributed by atoms with Gasteiger partial charge in [0.05, 0.1) is 18.6 Å². The number of allylic oxidation sites excluding steroid dienone is 1. The highest BCUT2D eigenvalue weighted by Crippen LogP contribution is 2.37. The van der Waals surface area contributed by atoms with E-state index >= 15 is 0 Å². The van der Waals surface area contributed by atoms with E-state index in [1.54, 1.807) is 0 Å². The third kappa shape index (κ3) is 4.94. The minimum atomic E-state index is -0.567. The van der Waals surface area contributed by atoms with Crippen molar-refractivity contribution in [1.82, 2.24) is 4.90 Å². The Labute approximate surface area is 167 Å². The van der Waals surface area contributed by atoms with Gasteiger partial charge in [0.1, 0.15) is 5.75 Å². The number of ether oxygens (including phenoxy) is 2. The quantitative estimate of drug-likeness (QED) is 0.662. The van der Waals surface area contributed by atoms with Crippen molar-refractivity contribution in [3.63, 3.8) is 0 Å². The molecule has 1 aliphatic heterocycles. The van der Waals surface area contributed by atoms with Crippen LogP contribution in [0.25, 0.3) is 0 Å². The minimum absolute atomic E-state index is 0.151. The van der Waals surface area contributed by atoms with Crippen molar-refractivity contribution in [2.24, 2.45) is 5.41 Å². The predicted molar refractivity (Wildman–Crippen MR) is 108 cm³/mol. The van der Waals surface area contributed by atoms with Gasteiger partial charge in [-0.15, -0.1) is 0 Å². The molecule has 3 rings (SSSR count). The first-order chi connectivity index (χ1) is 13.6. The Morgan fingerprint density at radius 1 is 1.11 bits per heavy atom. The van der Waals surface area contributed by atoms with E-state index in [9.17, 15) is 9.59 Å². The van der Waals surface area contributed by atoms with Gasteiger partial charge in [0.25, 0.3) is 0 Å². The summed E-state index contributed by atoms with van der Waals surface area (Å²) < 4.78 is 11.2. The van der Waals surface area contributed by atoms with E-state index < -0.39 is 5.41 Å². The first-order valence-electron chi connectivity index (χ1n) is 10.5. The molecule has 28 heavy (non-hydrogen) atoms. The minimum Gasteiger partial charge on any atom is -0.494 e. The first-order valence-corrected chi connectivity index (χ1v) is 10.5. The molecule has 0 atom stereocenters. The average Bonchev–Trinajstić information content (AvgIpc) is 2.75. The first kappa shape index (κ1) is 20.4. The largest absolute Gasteiger partial charge is 0.494 e. The zero-order valence-electron chi connectivity index (χ0n) is 16.8. The van der Waals surface area contributed by atoms with E-state index in [2.05, 4.69) is 6.08 Å². The van der Waals surface area contributed by atoms with Crippen molar-refractivity contribution in [1.29, 1.82) is 0 Å². The summed E-state index contributed by atoms with van der Waals surface area (Å²) in [4.78, 5) is 27.4. The number of benzene rings is 1. The van der Waals surface area contributed by atoms with Crippen LogP contribution in [-0.4, -0.2) is 43.1 Å². The Kier molecular flexibility index (Phi) is 7.12. The second-order valence-electron chi connectivity index (χ2n) is 7.68. The summed E-state index contributed by atoms with van der Waals surface area (Å²) in [7, 11) is 0. The number of hydrogen-bond donors (Lipinski definition) is 0. The number of rotatable bonds is 7. The second kappa shape index (κ2) is 9.76. The molecule has 5 nitrogen and oxygen atoms in total. The van der Waals surface area contributed by atoms with Crippen LogP contribution in [0, 0.1) is 5.41 Å². The number of esters is 1. The fourth-order valence-electron chi connectivity index (χ4n) is 4.09. The molecule has 152 valence electrons. The Morgan fingerprint density at radius 3 is 2.50 bits per heavy atom. The van der Waals surface area contributed by atoms with Crippen molar-refractivity contribution in [2.75, 3.05) is 26.3 Å². The predicted octanol–water partition coefficient (Wildman–Crippen LogP) is 4.13. The van der Waals surface area contributed by atoms with Gasteiger partial charge in [0.15, 0.2) is 0 Å². The molecule has 1 amide bonds. The lowest BCUT2D eigenvalue weighted by atomic mass is 9.75. The summed E-state index contributed by atoms with van der Waals surface area (Å²) in [5.41, 5.74) is 0.380. The molecule has 2 aliphatic rings. The lowest BCUT2D eigenvalue weighted by Crippen LogP contribution is -2.48. The number of carbonyl (C=O) groups excluding carboxylic acids is 2. The van der Waals surface area contributed by atoms with Crippen LogP contribution in [0.3, 0.4) is 0 Å². The zero-order valence-corrected chi connectivity index (χ0v) is 16.8. The summed E-state index contributed by atoms with van der Waals surface area (Å²) in [5, 5.41) is 0. The molecule has 0 saturated carbocycles. The molecule has 0 unspecified atom stereocenters. The molecular weight excluding hydrogens is 354 g/mol. The fourth-order valence-corrected chi connectivity index (χ4v) is 4.09. The third-order valence-electron chi connectivity index (χ3n) is 5.87. The maximum atomic E-state index is 12.8. The van der Waals surface area contributed by atoms with Crippen LogP contribution in [0.15, 0.2) is 42.0 Å². The third-order valence-corrected chi connectivity index (χ3v) is 5.87. The van der Waals surface area contributed by atoms with Gasteiger partial charge >= 0.3 is 5.97 Å². The van der Waals surface area contributed by atoms with Gasteiger partial charge in [0, 0.05) is 18.7 Å². The Bertz CT molecular complexity index is 690. The summed E-state index contributed by atoms with van der Waals surface area (Å²) in [6.45, 7) is 3.86. The molecule has 1 aliphatic carbocycles. The van der Waals surface area contributed by atoms with E-state index in [0.29, 0.717) is 45.6 Å². The lowest BCUT2D eigenvalue weighted by molar-refractivity contribution is -0.161. The number of amides is 1. The van der Waals surface area contributed by atoms with Crippen molar-refractivity contribution in [3.05, 3.63) is 42.0 Å². The normalized spacial score (nSPS) is 18.9. The van der Waals surface area contributed by atoms with E-state index in [1.807, 2.05) is 42.2 Å². The van der Waals surface area contributed by atoms with Crippen LogP contribution >= 0.6 is 0 Å². The van der Waals surface area contributed by atoms with Crippen LogP contribution in [0.2, 0.25) is 0 Å². The highest BCUT2D eigenvalue weighted by atomic mass is 16.5. The van der Waals surface area contributed by atoms with Gasteiger partial charge < -0.3 is 14.4 Å². The fraction of sp³-hybridized carbons (Fsp3) is 0.565. The number of nitrogens with zero attached hydrogens (tertiary/aromatic N) is 1. The molecule has 0 spiro atoms. The maximum Gasteiger partial charge on any atom is 0.312 e. The van der Waals surface area contributed by atoms with Crippen LogP contribution in [-0.2, 0) is 14.3 Å². The summed E-state index contributed by atoms with van der Waals surface area (Å²) in [6.07, 6.45) is 8.09. The van der Waals surface area contributed by atoms with Crippen molar-refractivity contribution >= 4 is 11.9 Å². The standard InChI is InChI=1S/C23H31NO4/c1-2-27-22(26)23(15-18-28-20-11-7-4-8-12-20)13-16-24(17-14-23)21(25)19-9-5-3-6-10-19/h4,7-9,11-12H,2-3,5-6,10,13-18H2,1H3. The number of piperidine rings is 1. The van der Waals surface area contributed by atoms with Gasteiger partial charge in [-0.3, -0.25) is 9.59 Å². The number of carbonyl (C=O) groups is 2. The molecule has 1 saturated heterocycles. The molecule has 5 heteroatoms. The van der Waals surface area contributed by atoms with Crippen molar-refractivity contribution < 1.29 is 19.1 Å². The average molecular weight is 386 g/mol. The van der Waals surface area contributed by atoms with Gasteiger partial charge in [-0.1, -0.05) is 24.3 Å². The smallest absolute Gasteiger partial charge is 0.312 e. The molecule has 0 bridgehead atoms. The monoisotopic (exact) mass is 385 g/mol. The Morgan fingerprint density at radius 2 is 1.86 bits per heavy atom. The topological polar surface area (TPSA) is 55.8 Å².